The molecule has 0 atom stereocenters. The van der Waals surface area contributed by atoms with Gasteiger partial charge in [-0.05, 0) is 26.0 Å². The molecule has 2 amide bonds. The molecule has 5 nitrogen and oxygen atoms in total. The van der Waals surface area contributed by atoms with Crippen molar-refractivity contribution in [2.45, 2.75) is 26.8 Å². The van der Waals surface area contributed by atoms with E-state index in [1.807, 2.05) is 38.1 Å². The molecule has 1 aromatic heterocycles. The Morgan fingerprint density at radius 1 is 1.24 bits per heavy atom. The van der Waals surface area contributed by atoms with Gasteiger partial charge in [0.15, 0.2) is 0 Å². The van der Waals surface area contributed by atoms with Crippen LogP contribution in [0.2, 0.25) is 0 Å². The van der Waals surface area contributed by atoms with Crippen LogP contribution in [0.15, 0.2) is 36.5 Å². The van der Waals surface area contributed by atoms with Crippen LogP contribution in [-0.2, 0) is 9.59 Å². The van der Waals surface area contributed by atoms with Crippen LogP contribution in [-0.4, -0.2) is 29.4 Å². The Kier molecular flexibility index (Phi) is 4.52. The van der Waals surface area contributed by atoms with Gasteiger partial charge in [-0.2, -0.15) is 0 Å². The van der Waals surface area contributed by atoms with Crippen molar-refractivity contribution in [2.75, 3.05) is 11.4 Å². The third-order valence-corrected chi connectivity index (χ3v) is 3.03. The van der Waals surface area contributed by atoms with Gasteiger partial charge in [-0.25, -0.2) is 0 Å². The van der Waals surface area contributed by atoms with E-state index in [1.165, 1.54) is 11.8 Å². The van der Waals surface area contributed by atoms with E-state index in [9.17, 15) is 9.59 Å². The molecule has 0 fully saturated rings. The predicted molar refractivity (Wildman–Crippen MR) is 83.0 cm³/mol. The molecular weight excluding hydrogens is 266 g/mol. The second kappa shape index (κ2) is 6.35. The third-order valence-electron chi connectivity index (χ3n) is 3.03. The van der Waals surface area contributed by atoms with Crippen LogP contribution < -0.4 is 10.2 Å². The second-order valence-electron chi connectivity index (χ2n) is 5.18. The first-order valence-electron chi connectivity index (χ1n) is 6.90. The molecule has 1 heterocycles. The van der Waals surface area contributed by atoms with Gasteiger partial charge in [0, 0.05) is 24.5 Å². The van der Waals surface area contributed by atoms with Gasteiger partial charge in [-0.15, -0.1) is 0 Å². The van der Waals surface area contributed by atoms with Gasteiger partial charge < -0.3 is 10.2 Å². The van der Waals surface area contributed by atoms with Gasteiger partial charge in [-0.1, -0.05) is 18.2 Å². The van der Waals surface area contributed by atoms with Crippen molar-refractivity contribution in [2.24, 2.45) is 0 Å². The molecular formula is C16H19N3O2. The van der Waals surface area contributed by atoms with Gasteiger partial charge in [0.05, 0.1) is 11.2 Å². The summed E-state index contributed by atoms with van der Waals surface area (Å²) in [6, 6.07) is 9.40. The van der Waals surface area contributed by atoms with Crippen molar-refractivity contribution < 1.29 is 9.59 Å². The molecule has 2 rings (SSSR count). The normalized spacial score (nSPS) is 10.7. The maximum atomic E-state index is 12.0. The largest absolute Gasteiger partial charge is 0.352 e. The summed E-state index contributed by atoms with van der Waals surface area (Å²) in [5, 5.41) is 3.73. The summed E-state index contributed by atoms with van der Waals surface area (Å²) in [5.41, 5.74) is 1.37. The smallest absolute Gasteiger partial charge is 0.240 e. The number of nitrogens with zero attached hydrogens (tertiary/aromatic N) is 2. The van der Waals surface area contributed by atoms with Gasteiger partial charge >= 0.3 is 0 Å². The first kappa shape index (κ1) is 15.0. The fraction of sp³-hybridized carbons (Fsp3) is 0.312. The molecule has 1 aromatic carbocycles. The SMILES string of the molecule is CC(=O)N(CC(=O)NC(C)C)c1cccc2cccnc12. The lowest BCUT2D eigenvalue weighted by Gasteiger charge is -2.22. The van der Waals surface area contributed by atoms with E-state index in [1.54, 1.807) is 12.3 Å². The zero-order valence-electron chi connectivity index (χ0n) is 12.5. The minimum Gasteiger partial charge on any atom is -0.352 e. The molecule has 5 heteroatoms. The fourth-order valence-corrected chi connectivity index (χ4v) is 2.18. The van der Waals surface area contributed by atoms with Gasteiger partial charge in [0.2, 0.25) is 11.8 Å². The van der Waals surface area contributed by atoms with E-state index < -0.39 is 0 Å². The zero-order chi connectivity index (χ0) is 15.4. The fourth-order valence-electron chi connectivity index (χ4n) is 2.18. The number of hydrogen-bond donors (Lipinski definition) is 1. The summed E-state index contributed by atoms with van der Waals surface area (Å²) >= 11 is 0. The second-order valence-corrected chi connectivity index (χ2v) is 5.18. The summed E-state index contributed by atoms with van der Waals surface area (Å²) in [6.07, 6.45) is 1.68. The predicted octanol–water partition coefficient (Wildman–Crippen LogP) is 2.11. The first-order valence-corrected chi connectivity index (χ1v) is 6.90. The quantitative estimate of drug-likeness (QED) is 0.936. The topological polar surface area (TPSA) is 62.3 Å². The number of aromatic nitrogens is 1. The van der Waals surface area contributed by atoms with Crippen molar-refractivity contribution in [3.05, 3.63) is 36.5 Å². The van der Waals surface area contributed by atoms with Crippen molar-refractivity contribution in [1.29, 1.82) is 0 Å². The van der Waals surface area contributed by atoms with Crippen molar-refractivity contribution in [3.8, 4) is 0 Å². The Labute approximate surface area is 124 Å². The number of para-hydroxylation sites is 1. The van der Waals surface area contributed by atoms with Crippen LogP contribution in [0.3, 0.4) is 0 Å². The number of benzene rings is 1. The zero-order valence-corrected chi connectivity index (χ0v) is 12.5. The summed E-state index contributed by atoms with van der Waals surface area (Å²) < 4.78 is 0. The van der Waals surface area contributed by atoms with Crippen LogP contribution in [0.25, 0.3) is 10.9 Å². The molecule has 21 heavy (non-hydrogen) atoms. The number of carbonyl (C=O) groups excluding carboxylic acids is 2. The molecule has 0 aliphatic rings. The number of anilines is 1. The van der Waals surface area contributed by atoms with Crippen LogP contribution in [0, 0.1) is 0 Å². The lowest BCUT2D eigenvalue weighted by Crippen LogP contribution is -2.42. The summed E-state index contributed by atoms with van der Waals surface area (Å²) in [4.78, 5) is 29.7. The molecule has 2 aromatic rings. The summed E-state index contributed by atoms with van der Waals surface area (Å²) in [6.45, 7) is 5.21. The number of hydrogen-bond acceptors (Lipinski definition) is 3. The molecule has 0 radical (unpaired) electrons. The molecule has 0 spiro atoms. The minimum absolute atomic E-state index is 0.0107. The standard InChI is InChI=1S/C16H19N3O2/c1-11(2)18-15(21)10-19(12(3)20)14-8-4-6-13-7-5-9-17-16(13)14/h4-9,11H,10H2,1-3H3,(H,18,21). The van der Waals surface area contributed by atoms with Crippen LogP contribution in [0.5, 0.6) is 0 Å². The highest BCUT2D eigenvalue weighted by molar-refractivity contribution is 6.04. The number of rotatable bonds is 4. The van der Waals surface area contributed by atoms with E-state index in [0.717, 1.165) is 5.39 Å². The molecule has 110 valence electrons. The lowest BCUT2D eigenvalue weighted by molar-refractivity contribution is -0.123. The molecule has 0 aliphatic carbocycles. The van der Waals surface area contributed by atoms with Crippen molar-refractivity contribution >= 4 is 28.4 Å². The van der Waals surface area contributed by atoms with Gasteiger partial charge in [-0.3, -0.25) is 14.6 Å². The highest BCUT2D eigenvalue weighted by Crippen LogP contribution is 2.24. The Morgan fingerprint density at radius 2 is 1.95 bits per heavy atom. The molecule has 0 saturated heterocycles. The number of pyridine rings is 1. The Bertz CT molecular complexity index is 662. The number of carbonyl (C=O) groups is 2. The van der Waals surface area contributed by atoms with E-state index in [-0.39, 0.29) is 24.4 Å². The van der Waals surface area contributed by atoms with Crippen LogP contribution >= 0.6 is 0 Å². The van der Waals surface area contributed by atoms with Crippen molar-refractivity contribution in [1.82, 2.24) is 10.3 Å². The van der Waals surface area contributed by atoms with E-state index in [0.29, 0.717) is 11.2 Å². The third kappa shape index (κ3) is 3.56. The Hall–Kier alpha value is -2.43. The van der Waals surface area contributed by atoms with Gasteiger partial charge in [0.1, 0.15) is 6.54 Å². The molecule has 1 N–H and O–H groups in total. The molecule has 0 bridgehead atoms. The highest BCUT2D eigenvalue weighted by atomic mass is 16.2. The monoisotopic (exact) mass is 285 g/mol. The maximum Gasteiger partial charge on any atom is 0.240 e. The highest BCUT2D eigenvalue weighted by Gasteiger charge is 2.18. The van der Waals surface area contributed by atoms with Crippen LogP contribution in [0.1, 0.15) is 20.8 Å². The van der Waals surface area contributed by atoms with Crippen LogP contribution in [0.4, 0.5) is 5.69 Å². The lowest BCUT2D eigenvalue weighted by atomic mass is 10.1. The minimum atomic E-state index is -0.188. The van der Waals surface area contributed by atoms with E-state index in [4.69, 9.17) is 0 Å². The molecule has 0 aliphatic heterocycles. The Morgan fingerprint density at radius 3 is 2.62 bits per heavy atom. The van der Waals surface area contributed by atoms with Crippen molar-refractivity contribution in [3.63, 3.8) is 0 Å². The van der Waals surface area contributed by atoms with E-state index >= 15 is 0 Å². The Balaban J connectivity index is 2.37. The maximum absolute atomic E-state index is 12.0. The number of amides is 2. The number of nitrogens with one attached hydrogen (secondary N) is 1. The molecule has 0 unspecified atom stereocenters. The molecule has 0 saturated carbocycles. The average molecular weight is 285 g/mol. The van der Waals surface area contributed by atoms with E-state index in [2.05, 4.69) is 10.3 Å². The number of fused-ring (bicyclic) bond motifs is 1. The summed E-state index contributed by atoms with van der Waals surface area (Å²) in [7, 11) is 0. The summed E-state index contributed by atoms with van der Waals surface area (Å²) in [5.74, 6) is -0.375. The first-order chi connectivity index (χ1) is 9.99. The van der Waals surface area contributed by atoms with Gasteiger partial charge in [0.25, 0.3) is 0 Å². The average Bonchev–Trinajstić information content (AvgIpc) is 2.43.